The van der Waals surface area contributed by atoms with Crippen molar-refractivity contribution in [3.05, 3.63) is 29.9 Å². The minimum atomic E-state index is -4.10. The van der Waals surface area contributed by atoms with Crippen molar-refractivity contribution in [2.45, 2.75) is 44.3 Å². The van der Waals surface area contributed by atoms with Crippen LogP contribution in [0, 0.1) is 0 Å². The topological polar surface area (TPSA) is 215 Å². The molecular formula is C14H24N8O5S. The molecule has 0 aliphatic carbocycles. The number of nitrogens with two attached hydrogens (primary N) is 2. The summed E-state index contributed by atoms with van der Waals surface area (Å²) < 4.78 is 33.4. The van der Waals surface area contributed by atoms with Crippen LogP contribution in [-0.4, -0.2) is 52.2 Å². The molecule has 2 rings (SSSR count). The summed E-state index contributed by atoms with van der Waals surface area (Å²) in [6.07, 6.45) is 4.74. The third-order valence-corrected chi connectivity index (χ3v) is 4.89. The van der Waals surface area contributed by atoms with Gasteiger partial charge in [-0.1, -0.05) is 11.6 Å². The fourth-order valence-corrected chi connectivity index (χ4v) is 3.32. The molecule has 2 atom stereocenters. The van der Waals surface area contributed by atoms with Crippen LogP contribution in [0.4, 0.5) is 0 Å². The molecule has 28 heavy (non-hydrogen) atoms. The maximum atomic E-state index is 12.1. The second kappa shape index (κ2) is 10.2. The highest BCUT2D eigenvalue weighted by atomic mass is 32.2. The van der Waals surface area contributed by atoms with Gasteiger partial charge in [-0.25, -0.2) is 4.98 Å². The lowest BCUT2D eigenvalue weighted by molar-refractivity contribution is -0.139. The van der Waals surface area contributed by atoms with Gasteiger partial charge >= 0.3 is 5.97 Å². The van der Waals surface area contributed by atoms with Crippen LogP contribution in [0.5, 0.6) is 0 Å². The molecule has 0 saturated carbocycles. The Morgan fingerprint density at radius 1 is 1.39 bits per heavy atom. The van der Waals surface area contributed by atoms with Crippen LogP contribution in [-0.2, 0) is 28.0 Å². The van der Waals surface area contributed by atoms with Gasteiger partial charge in [0.1, 0.15) is 6.04 Å². The molecule has 0 amide bonds. The molecule has 156 valence electrons. The number of aliphatic carboxylic acids is 1. The highest BCUT2D eigenvalue weighted by Gasteiger charge is 2.24. The molecule has 13 nitrogen and oxygen atoms in total. The smallest absolute Gasteiger partial charge is 0.321 e. The van der Waals surface area contributed by atoms with Gasteiger partial charge in [-0.05, 0) is 19.4 Å². The molecule has 14 heteroatoms. The summed E-state index contributed by atoms with van der Waals surface area (Å²) in [5.41, 5.74) is 12.1. The standard InChI is InChI=1S/C14H24N8O5S/c15-4-2-1-3-11(14(23)24)22-28(25,26)19-7-12-20-13(21-27-12)10(16)5-9-6-17-8-18-9/h6,8,10-11,19,22H,1-5,7,15-16H2,(H,17,18)(H,23,24). The maximum absolute atomic E-state index is 12.1. The van der Waals surface area contributed by atoms with E-state index in [2.05, 4.69) is 29.6 Å². The van der Waals surface area contributed by atoms with Crippen molar-refractivity contribution in [2.24, 2.45) is 11.5 Å². The van der Waals surface area contributed by atoms with E-state index >= 15 is 0 Å². The van der Waals surface area contributed by atoms with Gasteiger partial charge in [-0.15, -0.1) is 0 Å². The van der Waals surface area contributed by atoms with Crippen molar-refractivity contribution < 1.29 is 22.8 Å². The summed E-state index contributed by atoms with van der Waals surface area (Å²) in [6, 6.07) is -1.82. The van der Waals surface area contributed by atoms with E-state index in [0.29, 0.717) is 25.8 Å². The molecule has 0 fully saturated rings. The molecule has 2 heterocycles. The van der Waals surface area contributed by atoms with E-state index in [9.17, 15) is 13.2 Å². The number of unbranched alkanes of at least 4 members (excludes halogenated alkanes) is 1. The summed E-state index contributed by atoms with van der Waals surface area (Å²) in [4.78, 5) is 22.0. The second-order valence-electron chi connectivity index (χ2n) is 6.05. The predicted octanol–water partition coefficient (Wildman–Crippen LogP) is -1.46. The third-order valence-electron chi connectivity index (χ3n) is 3.77. The van der Waals surface area contributed by atoms with Crippen molar-refractivity contribution in [1.82, 2.24) is 29.6 Å². The monoisotopic (exact) mass is 416 g/mol. The van der Waals surface area contributed by atoms with Crippen molar-refractivity contribution in [1.29, 1.82) is 0 Å². The number of H-pyrrole nitrogens is 1. The zero-order valence-electron chi connectivity index (χ0n) is 15.0. The summed E-state index contributed by atoms with van der Waals surface area (Å²) in [5, 5.41) is 12.9. The number of imidazole rings is 1. The van der Waals surface area contributed by atoms with Crippen molar-refractivity contribution in [3.63, 3.8) is 0 Å². The minimum Gasteiger partial charge on any atom is -0.480 e. The van der Waals surface area contributed by atoms with E-state index in [-0.39, 0.29) is 24.7 Å². The van der Waals surface area contributed by atoms with Gasteiger partial charge in [0.15, 0.2) is 5.82 Å². The highest BCUT2D eigenvalue weighted by molar-refractivity contribution is 7.87. The van der Waals surface area contributed by atoms with Crippen LogP contribution in [0.2, 0.25) is 0 Å². The molecule has 0 bridgehead atoms. The number of carbonyl (C=O) groups is 1. The van der Waals surface area contributed by atoms with E-state index in [0.717, 1.165) is 5.69 Å². The molecule has 0 spiro atoms. The fourth-order valence-electron chi connectivity index (χ4n) is 2.33. The Morgan fingerprint density at radius 2 is 2.18 bits per heavy atom. The van der Waals surface area contributed by atoms with Gasteiger partial charge in [-0.3, -0.25) is 4.79 Å². The zero-order chi connectivity index (χ0) is 20.6. The maximum Gasteiger partial charge on any atom is 0.321 e. The van der Waals surface area contributed by atoms with Crippen LogP contribution in [0.3, 0.4) is 0 Å². The Kier molecular flexibility index (Phi) is 8.01. The van der Waals surface area contributed by atoms with E-state index in [1.807, 2.05) is 0 Å². The summed E-state index contributed by atoms with van der Waals surface area (Å²) in [5.74, 6) is -1.07. The molecule has 2 aromatic heterocycles. The first-order valence-corrected chi connectivity index (χ1v) is 10.0. The highest BCUT2D eigenvalue weighted by Crippen LogP contribution is 2.11. The van der Waals surface area contributed by atoms with Gasteiger partial charge in [0.05, 0.1) is 18.9 Å². The quantitative estimate of drug-likeness (QED) is 0.209. The number of nitrogens with zero attached hydrogens (tertiary/aromatic N) is 3. The van der Waals surface area contributed by atoms with Gasteiger partial charge < -0.3 is 26.1 Å². The van der Waals surface area contributed by atoms with Gasteiger partial charge in [-0.2, -0.15) is 22.8 Å². The normalized spacial score (nSPS) is 14.1. The number of aromatic nitrogens is 4. The molecule has 2 unspecified atom stereocenters. The molecule has 0 aliphatic heterocycles. The second-order valence-corrected chi connectivity index (χ2v) is 7.58. The van der Waals surface area contributed by atoms with Gasteiger partial charge in [0.2, 0.25) is 5.89 Å². The fraction of sp³-hybridized carbons (Fsp3) is 0.571. The Morgan fingerprint density at radius 3 is 2.82 bits per heavy atom. The van der Waals surface area contributed by atoms with E-state index in [1.165, 1.54) is 6.33 Å². The first kappa shape index (κ1) is 21.9. The Balaban J connectivity index is 1.87. The SMILES string of the molecule is NCCCCC(NS(=O)(=O)NCc1nc(C(N)Cc2cnc[nH]2)no1)C(=O)O. The molecule has 0 aromatic carbocycles. The van der Waals surface area contributed by atoms with Crippen LogP contribution in [0.1, 0.15) is 42.7 Å². The van der Waals surface area contributed by atoms with Gasteiger partial charge in [0.25, 0.3) is 10.2 Å². The lowest BCUT2D eigenvalue weighted by atomic mass is 10.1. The minimum absolute atomic E-state index is 0.00422. The van der Waals surface area contributed by atoms with Crippen molar-refractivity contribution >= 4 is 16.2 Å². The Bertz CT molecular complexity index is 838. The number of aromatic amines is 1. The Labute approximate surface area is 161 Å². The largest absolute Gasteiger partial charge is 0.480 e. The number of carboxylic acids is 1. The average molecular weight is 416 g/mol. The summed E-state index contributed by atoms with van der Waals surface area (Å²) in [6.45, 7) is 0.0909. The van der Waals surface area contributed by atoms with Crippen LogP contribution < -0.4 is 20.9 Å². The number of rotatable bonds is 13. The summed E-state index contributed by atoms with van der Waals surface area (Å²) in [7, 11) is -4.10. The van der Waals surface area contributed by atoms with E-state index in [4.69, 9.17) is 21.1 Å². The number of hydrogen-bond donors (Lipinski definition) is 6. The molecule has 0 radical (unpaired) electrons. The van der Waals surface area contributed by atoms with Crippen LogP contribution >= 0.6 is 0 Å². The lowest BCUT2D eigenvalue weighted by Crippen LogP contribution is -2.46. The molecule has 0 aliphatic rings. The average Bonchev–Trinajstić information content (AvgIpc) is 3.31. The van der Waals surface area contributed by atoms with Gasteiger partial charge in [0, 0.05) is 18.3 Å². The Hall–Kier alpha value is -2.39. The summed E-state index contributed by atoms with van der Waals surface area (Å²) >= 11 is 0. The van der Waals surface area contributed by atoms with Crippen LogP contribution in [0.25, 0.3) is 0 Å². The van der Waals surface area contributed by atoms with E-state index in [1.54, 1.807) is 6.20 Å². The van der Waals surface area contributed by atoms with Crippen LogP contribution in [0.15, 0.2) is 17.0 Å². The first-order valence-electron chi connectivity index (χ1n) is 8.56. The molecular weight excluding hydrogens is 392 g/mol. The number of nitrogens with one attached hydrogen (secondary N) is 3. The molecule has 0 saturated heterocycles. The van der Waals surface area contributed by atoms with E-state index < -0.39 is 28.3 Å². The van der Waals surface area contributed by atoms with Crippen molar-refractivity contribution in [2.75, 3.05) is 6.54 Å². The molecule has 2 aromatic rings. The lowest BCUT2D eigenvalue weighted by Gasteiger charge is -2.14. The number of carboxylic acid groups (broad SMARTS) is 1. The number of hydrogen-bond acceptors (Lipinski definition) is 9. The predicted molar refractivity (Wildman–Crippen MR) is 96.7 cm³/mol. The molecule has 8 N–H and O–H groups in total. The zero-order valence-corrected chi connectivity index (χ0v) is 15.9. The van der Waals surface area contributed by atoms with Crippen molar-refractivity contribution in [3.8, 4) is 0 Å². The third kappa shape index (κ3) is 6.97. The first-order chi connectivity index (χ1) is 13.3.